The molecule has 6 heteroatoms. The van der Waals surface area contributed by atoms with E-state index < -0.39 is 10.8 Å². The van der Waals surface area contributed by atoms with Crippen molar-refractivity contribution in [1.29, 1.82) is 0 Å². The van der Waals surface area contributed by atoms with Crippen molar-refractivity contribution in [2.75, 3.05) is 20.1 Å². The van der Waals surface area contributed by atoms with Crippen molar-refractivity contribution in [3.63, 3.8) is 0 Å². The van der Waals surface area contributed by atoms with Crippen LogP contribution < -0.4 is 10.6 Å². The van der Waals surface area contributed by atoms with Gasteiger partial charge < -0.3 is 10.6 Å². The van der Waals surface area contributed by atoms with Gasteiger partial charge in [0.1, 0.15) is 5.56 Å². The second kappa shape index (κ2) is 6.70. The molecule has 1 aromatic rings. The summed E-state index contributed by atoms with van der Waals surface area (Å²) in [6.07, 6.45) is 0.780. The first kappa shape index (κ1) is 14.1. The normalized spacial score (nSPS) is 10.1. The maximum atomic E-state index is 11.9. The molecular weight excluding hydrogens is 234 g/mol. The summed E-state index contributed by atoms with van der Waals surface area (Å²) in [4.78, 5) is 22.3. The molecule has 0 saturated carbocycles. The zero-order valence-corrected chi connectivity index (χ0v) is 10.5. The maximum absolute atomic E-state index is 11.9. The SMILES string of the molecule is CNCCCNC(=O)c1c(C)cccc1[N+](=O)[O-]. The highest BCUT2D eigenvalue weighted by Gasteiger charge is 2.21. The van der Waals surface area contributed by atoms with Crippen molar-refractivity contribution in [2.24, 2.45) is 0 Å². The Hall–Kier alpha value is -1.95. The zero-order chi connectivity index (χ0) is 13.5. The lowest BCUT2D eigenvalue weighted by Crippen LogP contribution is -2.27. The van der Waals surface area contributed by atoms with E-state index in [1.165, 1.54) is 6.07 Å². The van der Waals surface area contributed by atoms with Crippen molar-refractivity contribution < 1.29 is 9.72 Å². The van der Waals surface area contributed by atoms with Crippen LogP contribution in [0.2, 0.25) is 0 Å². The Morgan fingerprint density at radius 1 is 1.39 bits per heavy atom. The number of nitro benzene ring substituents is 1. The number of benzene rings is 1. The second-order valence-corrected chi connectivity index (χ2v) is 3.94. The highest BCUT2D eigenvalue weighted by Crippen LogP contribution is 2.21. The number of aryl methyl sites for hydroxylation is 1. The van der Waals surface area contributed by atoms with Gasteiger partial charge in [-0.2, -0.15) is 0 Å². The molecule has 0 unspecified atom stereocenters. The molecule has 1 aromatic carbocycles. The van der Waals surface area contributed by atoms with E-state index in [1.807, 2.05) is 7.05 Å². The van der Waals surface area contributed by atoms with Gasteiger partial charge in [0.15, 0.2) is 0 Å². The lowest BCUT2D eigenvalue weighted by atomic mass is 10.1. The summed E-state index contributed by atoms with van der Waals surface area (Å²) in [7, 11) is 1.83. The number of nitro groups is 1. The fourth-order valence-corrected chi connectivity index (χ4v) is 1.66. The standard InChI is InChI=1S/C12H17N3O3/c1-9-5-3-6-10(15(17)18)11(9)12(16)14-8-4-7-13-2/h3,5-6,13H,4,7-8H2,1-2H3,(H,14,16). The average Bonchev–Trinajstić information content (AvgIpc) is 2.34. The smallest absolute Gasteiger partial charge is 0.282 e. The monoisotopic (exact) mass is 251 g/mol. The summed E-state index contributed by atoms with van der Waals surface area (Å²) in [6, 6.07) is 4.61. The van der Waals surface area contributed by atoms with Crippen LogP contribution in [0.1, 0.15) is 22.3 Å². The van der Waals surface area contributed by atoms with Gasteiger partial charge in [-0.3, -0.25) is 14.9 Å². The molecule has 0 saturated heterocycles. The fourth-order valence-electron chi connectivity index (χ4n) is 1.66. The van der Waals surface area contributed by atoms with Crippen molar-refractivity contribution in [3.8, 4) is 0 Å². The Kier molecular flexibility index (Phi) is 5.26. The van der Waals surface area contributed by atoms with Crippen LogP contribution in [0.15, 0.2) is 18.2 Å². The summed E-state index contributed by atoms with van der Waals surface area (Å²) >= 11 is 0. The van der Waals surface area contributed by atoms with E-state index in [9.17, 15) is 14.9 Å². The number of rotatable bonds is 6. The van der Waals surface area contributed by atoms with Gasteiger partial charge in [0.05, 0.1) is 4.92 Å². The predicted molar refractivity (Wildman–Crippen MR) is 68.7 cm³/mol. The van der Waals surface area contributed by atoms with Crippen LogP contribution in [0.25, 0.3) is 0 Å². The number of nitrogens with zero attached hydrogens (tertiary/aromatic N) is 1. The minimum atomic E-state index is -0.532. The summed E-state index contributed by atoms with van der Waals surface area (Å²) in [5.41, 5.74) is 0.600. The lowest BCUT2D eigenvalue weighted by molar-refractivity contribution is -0.385. The van der Waals surface area contributed by atoms with Crippen LogP contribution >= 0.6 is 0 Å². The third-order valence-electron chi connectivity index (χ3n) is 2.56. The molecule has 0 atom stereocenters. The Morgan fingerprint density at radius 2 is 2.11 bits per heavy atom. The quantitative estimate of drug-likeness (QED) is 0.452. The van der Waals surface area contributed by atoms with Crippen LogP contribution in [-0.2, 0) is 0 Å². The molecule has 1 rings (SSSR count). The molecule has 1 amide bonds. The van der Waals surface area contributed by atoms with Crippen molar-refractivity contribution >= 4 is 11.6 Å². The van der Waals surface area contributed by atoms with Gasteiger partial charge in [-0.15, -0.1) is 0 Å². The van der Waals surface area contributed by atoms with Gasteiger partial charge in [0.2, 0.25) is 0 Å². The lowest BCUT2D eigenvalue weighted by Gasteiger charge is -2.08. The van der Waals surface area contributed by atoms with Gasteiger partial charge in [-0.25, -0.2) is 0 Å². The molecule has 0 heterocycles. The molecule has 0 aliphatic rings. The predicted octanol–water partition coefficient (Wildman–Crippen LogP) is 1.24. The van der Waals surface area contributed by atoms with E-state index in [1.54, 1.807) is 19.1 Å². The molecule has 2 N–H and O–H groups in total. The average molecular weight is 251 g/mol. The van der Waals surface area contributed by atoms with Crippen LogP contribution in [0.3, 0.4) is 0 Å². The number of hydrogen-bond donors (Lipinski definition) is 2. The van der Waals surface area contributed by atoms with E-state index in [-0.39, 0.29) is 11.3 Å². The van der Waals surface area contributed by atoms with E-state index in [0.717, 1.165) is 13.0 Å². The third-order valence-corrected chi connectivity index (χ3v) is 2.56. The van der Waals surface area contributed by atoms with Crippen LogP contribution in [0.4, 0.5) is 5.69 Å². The Bertz CT molecular complexity index is 446. The molecule has 18 heavy (non-hydrogen) atoms. The van der Waals surface area contributed by atoms with E-state index in [4.69, 9.17) is 0 Å². The molecule has 0 bridgehead atoms. The summed E-state index contributed by atoms with van der Waals surface area (Å²) < 4.78 is 0. The first-order chi connectivity index (χ1) is 8.57. The fraction of sp³-hybridized carbons (Fsp3) is 0.417. The topological polar surface area (TPSA) is 84.3 Å². The first-order valence-electron chi connectivity index (χ1n) is 5.74. The third kappa shape index (κ3) is 3.53. The summed E-state index contributed by atoms with van der Waals surface area (Å²) in [5, 5.41) is 16.5. The molecular formula is C12H17N3O3. The maximum Gasteiger partial charge on any atom is 0.282 e. The second-order valence-electron chi connectivity index (χ2n) is 3.94. The molecule has 98 valence electrons. The number of amides is 1. The Balaban J connectivity index is 2.81. The molecule has 6 nitrogen and oxygen atoms in total. The molecule has 0 spiro atoms. The zero-order valence-electron chi connectivity index (χ0n) is 10.5. The molecule has 0 fully saturated rings. The number of carbonyl (C=O) groups is 1. The molecule has 0 aliphatic heterocycles. The molecule has 0 aliphatic carbocycles. The molecule has 0 radical (unpaired) electrons. The van der Waals surface area contributed by atoms with E-state index >= 15 is 0 Å². The summed E-state index contributed by atoms with van der Waals surface area (Å²) in [6.45, 7) is 2.97. The first-order valence-corrected chi connectivity index (χ1v) is 5.74. The highest BCUT2D eigenvalue weighted by molar-refractivity contribution is 5.99. The van der Waals surface area contributed by atoms with Crippen LogP contribution in [-0.4, -0.2) is 31.0 Å². The van der Waals surface area contributed by atoms with Gasteiger partial charge in [-0.05, 0) is 32.5 Å². The number of carbonyl (C=O) groups excluding carboxylic acids is 1. The van der Waals surface area contributed by atoms with Gasteiger partial charge in [0.25, 0.3) is 11.6 Å². The number of hydrogen-bond acceptors (Lipinski definition) is 4. The van der Waals surface area contributed by atoms with Crippen LogP contribution in [0.5, 0.6) is 0 Å². The van der Waals surface area contributed by atoms with E-state index in [2.05, 4.69) is 10.6 Å². The van der Waals surface area contributed by atoms with Crippen molar-refractivity contribution in [1.82, 2.24) is 10.6 Å². The number of nitrogens with one attached hydrogen (secondary N) is 2. The summed E-state index contributed by atoms with van der Waals surface area (Å²) in [5.74, 6) is -0.393. The van der Waals surface area contributed by atoms with Crippen molar-refractivity contribution in [2.45, 2.75) is 13.3 Å². The highest BCUT2D eigenvalue weighted by atomic mass is 16.6. The van der Waals surface area contributed by atoms with Gasteiger partial charge in [0, 0.05) is 12.6 Å². The molecule has 0 aromatic heterocycles. The van der Waals surface area contributed by atoms with Gasteiger partial charge >= 0.3 is 0 Å². The van der Waals surface area contributed by atoms with Crippen molar-refractivity contribution in [3.05, 3.63) is 39.4 Å². The van der Waals surface area contributed by atoms with Crippen LogP contribution in [0, 0.1) is 17.0 Å². The Morgan fingerprint density at radius 3 is 2.72 bits per heavy atom. The largest absolute Gasteiger partial charge is 0.352 e. The van der Waals surface area contributed by atoms with E-state index in [0.29, 0.717) is 12.1 Å². The minimum absolute atomic E-state index is 0.145. The van der Waals surface area contributed by atoms with Gasteiger partial charge in [-0.1, -0.05) is 12.1 Å². The Labute approximate surface area is 106 Å². The minimum Gasteiger partial charge on any atom is -0.352 e.